The summed E-state index contributed by atoms with van der Waals surface area (Å²) in [5.74, 6) is 0.566. The van der Waals surface area contributed by atoms with E-state index in [9.17, 15) is 9.59 Å². The van der Waals surface area contributed by atoms with Crippen LogP contribution in [0.25, 0.3) is 0 Å². The van der Waals surface area contributed by atoms with Gasteiger partial charge < -0.3 is 10.2 Å². The fourth-order valence-corrected chi connectivity index (χ4v) is 2.80. The van der Waals surface area contributed by atoms with Crippen LogP contribution in [0.15, 0.2) is 24.5 Å². The lowest BCUT2D eigenvalue weighted by Crippen LogP contribution is -2.35. The number of hydrogen-bond donors (Lipinski definition) is 1. The SMILES string of the molecule is C[C@H](NC(=O)[C@@H]1CC(=O)N(CC2CC2)C1)c1ccncc1. The van der Waals surface area contributed by atoms with E-state index < -0.39 is 0 Å². The maximum Gasteiger partial charge on any atom is 0.225 e. The van der Waals surface area contributed by atoms with E-state index in [4.69, 9.17) is 0 Å². The lowest BCUT2D eigenvalue weighted by atomic mass is 10.1. The standard InChI is InChI=1S/C16H21N3O2/c1-11(13-4-6-17-7-5-13)18-16(21)14-8-15(20)19(10-14)9-12-2-3-12/h4-7,11-12,14H,2-3,8-10H2,1H3,(H,18,21)/t11-,14+/m0/s1. The summed E-state index contributed by atoms with van der Waals surface area (Å²) in [7, 11) is 0. The molecule has 0 unspecified atom stereocenters. The van der Waals surface area contributed by atoms with Crippen LogP contribution in [0.3, 0.4) is 0 Å². The number of carbonyl (C=O) groups is 2. The zero-order chi connectivity index (χ0) is 14.8. The number of nitrogens with zero attached hydrogens (tertiary/aromatic N) is 2. The van der Waals surface area contributed by atoms with Gasteiger partial charge in [-0.15, -0.1) is 0 Å². The van der Waals surface area contributed by atoms with Gasteiger partial charge in [-0.1, -0.05) is 0 Å². The second kappa shape index (κ2) is 5.84. The molecule has 21 heavy (non-hydrogen) atoms. The fraction of sp³-hybridized carbons (Fsp3) is 0.562. The molecule has 0 aromatic carbocycles. The van der Waals surface area contributed by atoms with Gasteiger partial charge in [0, 0.05) is 31.9 Å². The Kier molecular flexibility index (Phi) is 3.90. The molecule has 1 aromatic heterocycles. The van der Waals surface area contributed by atoms with Crippen molar-refractivity contribution in [3.8, 4) is 0 Å². The third-order valence-electron chi connectivity index (χ3n) is 4.33. The maximum atomic E-state index is 12.3. The Hall–Kier alpha value is -1.91. The normalized spacial score (nSPS) is 23.2. The van der Waals surface area contributed by atoms with Crippen LogP contribution in [0.5, 0.6) is 0 Å². The average molecular weight is 287 g/mol. The van der Waals surface area contributed by atoms with Crippen LogP contribution < -0.4 is 5.32 Å². The fourth-order valence-electron chi connectivity index (χ4n) is 2.80. The highest BCUT2D eigenvalue weighted by atomic mass is 16.2. The van der Waals surface area contributed by atoms with Crippen molar-refractivity contribution in [2.75, 3.05) is 13.1 Å². The molecule has 5 nitrogen and oxygen atoms in total. The number of hydrogen-bond acceptors (Lipinski definition) is 3. The Morgan fingerprint density at radius 1 is 1.43 bits per heavy atom. The highest BCUT2D eigenvalue weighted by molar-refractivity contribution is 5.89. The van der Waals surface area contributed by atoms with E-state index in [1.165, 1.54) is 12.8 Å². The summed E-state index contributed by atoms with van der Waals surface area (Å²) >= 11 is 0. The quantitative estimate of drug-likeness (QED) is 0.893. The summed E-state index contributed by atoms with van der Waals surface area (Å²) in [6, 6.07) is 3.72. The Balaban J connectivity index is 1.54. The summed E-state index contributed by atoms with van der Waals surface area (Å²) in [6.07, 6.45) is 6.23. The maximum absolute atomic E-state index is 12.3. The van der Waals surface area contributed by atoms with Crippen LogP contribution in [0.4, 0.5) is 0 Å². The Bertz CT molecular complexity index is 528. The van der Waals surface area contributed by atoms with Crippen LogP contribution in [0.2, 0.25) is 0 Å². The minimum atomic E-state index is -0.208. The predicted octanol–water partition coefficient (Wildman–Crippen LogP) is 1.52. The Labute approximate surface area is 124 Å². The summed E-state index contributed by atoms with van der Waals surface area (Å²) in [6.45, 7) is 3.36. The molecule has 1 saturated carbocycles. The molecule has 1 aromatic rings. The first-order chi connectivity index (χ1) is 10.1. The molecule has 0 spiro atoms. The van der Waals surface area contributed by atoms with Gasteiger partial charge in [-0.2, -0.15) is 0 Å². The molecule has 2 aliphatic rings. The van der Waals surface area contributed by atoms with Gasteiger partial charge in [-0.05, 0) is 43.4 Å². The van der Waals surface area contributed by atoms with E-state index in [1.54, 1.807) is 12.4 Å². The van der Waals surface area contributed by atoms with Gasteiger partial charge in [0.2, 0.25) is 11.8 Å². The van der Waals surface area contributed by atoms with E-state index in [-0.39, 0.29) is 23.8 Å². The number of likely N-dealkylation sites (tertiary alicyclic amines) is 1. The van der Waals surface area contributed by atoms with Gasteiger partial charge in [-0.3, -0.25) is 14.6 Å². The molecule has 2 fully saturated rings. The predicted molar refractivity (Wildman–Crippen MR) is 78.2 cm³/mol. The first-order valence-electron chi connectivity index (χ1n) is 7.61. The molecule has 2 amide bonds. The van der Waals surface area contributed by atoms with Crippen molar-refractivity contribution in [2.24, 2.45) is 11.8 Å². The van der Waals surface area contributed by atoms with Crippen molar-refractivity contribution < 1.29 is 9.59 Å². The summed E-state index contributed by atoms with van der Waals surface area (Å²) in [5.41, 5.74) is 1.03. The molecule has 1 aliphatic heterocycles. The lowest BCUT2D eigenvalue weighted by Gasteiger charge is -2.18. The third-order valence-corrected chi connectivity index (χ3v) is 4.33. The highest BCUT2D eigenvalue weighted by Crippen LogP contribution is 2.32. The topological polar surface area (TPSA) is 62.3 Å². The second-order valence-corrected chi connectivity index (χ2v) is 6.15. The number of carbonyl (C=O) groups excluding carboxylic acids is 2. The number of rotatable bonds is 5. The molecular formula is C16H21N3O2. The molecule has 2 atom stereocenters. The molecule has 0 radical (unpaired) electrons. The van der Waals surface area contributed by atoms with E-state index >= 15 is 0 Å². The largest absolute Gasteiger partial charge is 0.349 e. The van der Waals surface area contributed by atoms with E-state index in [2.05, 4.69) is 10.3 Å². The van der Waals surface area contributed by atoms with Crippen molar-refractivity contribution in [3.63, 3.8) is 0 Å². The number of pyridine rings is 1. The highest BCUT2D eigenvalue weighted by Gasteiger charge is 2.37. The minimum absolute atomic E-state index is 0.0223. The van der Waals surface area contributed by atoms with E-state index in [0.29, 0.717) is 18.9 Å². The zero-order valence-corrected chi connectivity index (χ0v) is 12.3. The van der Waals surface area contributed by atoms with Gasteiger partial charge in [0.25, 0.3) is 0 Å². The molecule has 2 heterocycles. The molecule has 1 saturated heterocycles. The van der Waals surface area contributed by atoms with Crippen molar-refractivity contribution in [2.45, 2.75) is 32.2 Å². The molecule has 3 rings (SSSR count). The molecule has 1 N–H and O–H groups in total. The molecular weight excluding hydrogens is 266 g/mol. The minimum Gasteiger partial charge on any atom is -0.349 e. The third kappa shape index (κ3) is 3.40. The van der Waals surface area contributed by atoms with Gasteiger partial charge in [-0.25, -0.2) is 0 Å². The number of amides is 2. The molecule has 0 bridgehead atoms. The van der Waals surface area contributed by atoms with Crippen LogP contribution in [0.1, 0.15) is 37.8 Å². The van der Waals surface area contributed by atoms with Gasteiger partial charge in [0.05, 0.1) is 12.0 Å². The first-order valence-corrected chi connectivity index (χ1v) is 7.61. The average Bonchev–Trinajstić information content (AvgIpc) is 3.23. The molecule has 112 valence electrons. The van der Waals surface area contributed by atoms with Crippen molar-refractivity contribution >= 4 is 11.8 Å². The second-order valence-electron chi connectivity index (χ2n) is 6.15. The van der Waals surface area contributed by atoms with Crippen molar-refractivity contribution in [1.29, 1.82) is 0 Å². The van der Waals surface area contributed by atoms with Crippen LogP contribution >= 0.6 is 0 Å². The smallest absolute Gasteiger partial charge is 0.225 e. The van der Waals surface area contributed by atoms with Gasteiger partial charge in [0.15, 0.2) is 0 Å². The number of nitrogens with one attached hydrogen (secondary N) is 1. The van der Waals surface area contributed by atoms with Gasteiger partial charge in [0.1, 0.15) is 0 Å². The van der Waals surface area contributed by atoms with Crippen LogP contribution in [-0.4, -0.2) is 34.8 Å². The zero-order valence-electron chi connectivity index (χ0n) is 12.3. The van der Waals surface area contributed by atoms with Gasteiger partial charge >= 0.3 is 0 Å². The van der Waals surface area contributed by atoms with E-state index in [1.807, 2.05) is 24.0 Å². The van der Waals surface area contributed by atoms with Crippen LogP contribution in [0, 0.1) is 11.8 Å². The summed E-state index contributed by atoms with van der Waals surface area (Å²) in [4.78, 5) is 30.1. The monoisotopic (exact) mass is 287 g/mol. The van der Waals surface area contributed by atoms with Crippen molar-refractivity contribution in [3.05, 3.63) is 30.1 Å². The molecule has 1 aliphatic carbocycles. The Morgan fingerprint density at radius 2 is 2.14 bits per heavy atom. The first kappa shape index (κ1) is 14.0. The Morgan fingerprint density at radius 3 is 2.81 bits per heavy atom. The molecule has 5 heteroatoms. The lowest BCUT2D eigenvalue weighted by molar-refractivity contribution is -0.129. The van der Waals surface area contributed by atoms with Crippen LogP contribution in [-0.2, 0) is 9.59 Å². The van der Waals surface area contributed by atoms with Crippen molar-refractivity contribution in [1.82, 2.24) is 15.2 Å². The number of aromatic nitrogens is 1. The van der Waals surface area contributed by atoms with E-state index in [0.717, 1.165) is 12.1 Å². The summed E-state index contributed by atoms with van der Waals surface area (Å²) < 4.78 is 0. The summed E-state index contributed by atoms with van der Waals surface area (Å²) in [5, 5.41) is 3.00.